The Morgan fingerprint density at radius 1 is 1.35 bits per heavy atom. The summed E-state index contributed by atoms with van der Waals surface area (Å²) in [7, 11) is 0. The fourth-order valence-electron chi connectivity index (χ4n) is 2.26. The van der Waals surface area contributed by atoms with Crippen molar-refractivity contribution >= 4 is 18.4 Å². The predicted molar refractivity (Wildman–Crippen MR) is 95.0 cm³/mol. The van der Waals surface area contributed by atoms with Gasteiger partial charge < -0.3 is 5.11 Å². The molecule has 0 fully saturated rings. The van der Waals surface area contributed by atoms with Crippen LogP contribution in [-0.2, 0) is 0 Å². The lowest BCUT2D eigenvalue weighted by molar-refractivity contribution is 0.371. The molecule has 0 aliphatic carbocycles. The Morgan fingerprint density at radius 3 is 2.61 bits per heavy atom. The monoisotopic (exact) mass is 331 g/mol. The van der Waals surface area contributed by atoms with Crippen LogP contribution in [0.3, 0.4) is 0 Å². The van der Waals surface area contributed by atoms with E-state index in [2.05, 4.69) is 9.98 Å². The van der Waals surface area contributed by atoms with Gasteiger partial charge in [0, 0.05) is 12.3 Å². The average molecular weight is 331 g/mol. The molecule has 0 bridgehead atoms. The van der Waals surface area contributed by atoms with Crippen LogP contribution >= 0.6 is 12.2 Å². The van der Waals surface area contributed by atoms with Gasteiger partial charge in [0.25, 0.3) is 5.56 Å². The first kappa shape index (κ1) is 17.1. The maximum atomic E-state index is 12.1. The van der Waals surface area contributed by atoms with Crippen LogP contribution in [-0.4, -0.2) is 20.9 Å². The highest BCUT2D eigenvalue weighted by Gasteiger charge is 2.14. The smallest absolute Gasteiger partial charge is 0.264 e. The van der Waals surface area contributed by atoms with E-state index in [1.54, 1.807) is 4.57 Å². The summed E-state index contributed by atoms with van der Waals surface area (Å²) in [6.07, 6.45) is 2.20. The third-order valence-corrected chi connectivity index (χ3v) is 4.19. The molecule has 0 saturated heterocycles. The van der Waals surface area contributed by atoms with Gasteiger partial charge >= 0.3 is 0 Å². The van der Waals surface area contributed by atoms with E-state index in [1.165, 1.54) is 6.21 Å². The van der Waals surface area contributed by atoms with Crippen molar-refractivity contribution in [1.29, 1.82) is 0 Å². The largest absolute Gasteiger partial charge is 0.494 e. The van der Waals surface area contributed by atoms with Gasteiger partial charge in [-0.15, -0.1) is 0 Å². The van der Waals surface area contributed by atoms with E-state index in [9.17, 15) is 9.90 Å². The lowest BCUT2D eigenvalue weighted by Gasteiger charge is -2.17. The van der Waals surface area contributed by atoms with E-state index in [1.807, 2.05) is 51.1 Å². The maximum Gasteiger partial charge on any atom is 0.264 e. The minimum atomic E-state index is -0.434. The Bertz CT molecular complexity index is 809. The second-order valence-corrected chi connectivity index (χ2v) is 5.88. The maximum absolute atomic E-state index is 12.1. The number of aromatic nitrogens is 2. The first-order valence-electron chi connectivity index (χ1n) is 7.61. The molecule has 2 N–H and O–H groups in total. The Balaban J connectivity index is 2.42. The number of nitrogens with one attached hydrogen (secondary N) is 1. The summed E-state index contributed by atoms with van der Waals surface area (Å²) in [4.78, 5) is 19.1. The summed E-state index contributed by atoms with van der Waals surface area (Å²) in [5.41, 5.74) is 0.729. The van der Waals surface area contributed by atoms with Crippen LogP contribution in [0.15, 0.2) is 40.1 Å². The Hall–Kier alpha value is -2.21. The molecule has 2 rings (SSSR count). The van der Waals surface area contributed by atoms with Gasteiger partial charge in [0.05, 0.1) is 6.04 Å². The predicted octanol–water partition coefficient (Wildman–Crippen LogP) is 3.76. The number of hydrogen-bond donors (Lipinski definition) is 2. The third-order valence-electron chi connectivity index (χ3n) is 3.89. The highest BCUT2D eigenvalue weighted by Crippen LogP contribution is 2.21. The summed E-state index contributed by atoms with van der Waals surface area (Å²) in [5.74, 6) is -0.142. The van der Waals surface area contributed by atoms with Crippen molar-refractivity contribution in [3.05, 3.63) is 56.6 Å². The van der Waals surface area contributed by atoms with E-state index in [-0.39, 0.29) is 28.3 Å². The fraction of sp³-hybridized carbons (Fsp3) is 0.353. The van der Waals surface area contributed by atoms with Crippen LogP contribution in [0.4, 0.5) is 0 Å². The van der Waals surface area contributed by atoms with Gasteiger partial charge in [0.15, 0.2) is 4.77 Å². The number of aromatic hydroxyl groups is 1. The van der Waals surface area contributed by atoms with Gasteiger partial charge in [-0.25, -0.2) is 0 Å². The van der Waals surface area contributed by atoms with E-state index in [0.717, 1.165) is 12.0 Å². The normalized spacial score (nSPS) is 14.0. The zero-order valence-electron chi connectivity index (χ0n) is 13.5. The number of aromatic amines is 1. The van der Waals surface area contributed by atoms with Crippen molar-refractivity contribution in [2.24, 2.45) is 4.99 Å². The van der Waals surface area contributed by atoms with Crippen LogP contribution in [0.25, 0.3) is 0 Å². The summed E-state index contributed by atoms with van der Waals surface area (Å²) >= 11 is 5.14. The van der Waals surface area contributed by atoms with Crippen LogP contribution in [0.2, 0.25) is 0 Å². The molecular formula is C17H21N3O2S. The van der Waals surface area contributed by atoms with Crippen molar-refractivity contribution < 1.29 is 5.11 Å². The lowest BCUT2D eigenvalue weighted by Crippen LogP contribution is -2.20. The molecule has 1 aromatic carbocycles. The van der Waals surface area contributed by atoms with E-state index < -0.39 is 5.56 Å². The van der Waals surface area contributed by atoms with Gasteiger partial charge in [-0.2, -0.15) is 0 Å². The van der Waals surface area contributed by atoms with Crippen molar-refractivity contribution in [3.63, 3.8) is 0 Å². The first-order valence-corrected chi connectivity index (χ1v) is 8.02. The van der Waals surface area contributed by atoms with Crippen molar-refractivity contribution in [2.45, 2.75) is 39.3 Å². The van der Waals surface area contributed by atoms with E-state index in [0.29, 0.717) is 0 Å². The number of hydrogen-bond acceptors (Lipinski definition) is 4. The lowest BCUT2D eigenvalue weighted by atomic mass is 10.1. The number of nitrogens with zero attached hydrogens (tertiary/aromatic N) is 2. The standard InChI is InChI=1S/C17H21N3O2S/c1-4-11(2)20-16(22)14(15(21)19-17(20)23)10-18-12(3)13-8-6-5-7-9-13/h5-12,22H,4H2,1-3H3,(H,19,21,23)/t11-,12+/m1/s1. The molecule has 0 amide bonds. The molecule has 0 aliphatic heterocycles. The summed E-state index contributed by atoms with van der Waals surface area (Å²) in [6.45, 7) is 5.85. The van der Waals surface area contributed by atoms with Crippen molar-refractivity contribution in [1.82, 2.24) is 9.55 Å². The van der Waals surface area contributed by atoms with Crippen LogP contribution in [0, 0.1) is 4.77 Å². The molecule has 2 atom stereocenters. The Morgan fingerprint density at radius 2 is 2.00 bits per heavy atom. The molecular weight excluding hydrogens is 310 g/mol. The number of rotatable bonds is 5. The average Bonchev–Trinajstić information content (AvgIpc) is 2.54. The van der Waals surface area contributed by atoms with Gasteiger partial charge in [-0.1, -0.05) is 37.3 Å². The SMILES string of the molecule is CC[C@@H](C)n1c(O)c(C=N[C@@H](C)c2ccccc2)c(=O)[nH]c1=S. The summed E-state index contributed by atoms with van der Waals surface area (Å²) in [6, 6.07) is 9.63. The molecule has 1 heterocycles. The molecule has 1 aromatic heterocycles. The first-order chi connectivity index (χ1) is 11.0. The molecule has 0 saturated carbocycles. The zero-order chi connectivity index (χ0) is 17.0. The van der Waals surface area contributed by atoms with Gasteiger partial charge in [0.1, 0.15) is 5.56 Å². The zero-order valence-corrected chi connectivity index (χ0v) is 14.3. The molecule has 5 nitrogen and oxygen atoms in total. The molecule has 6 heteroatoms. The van der Waals surface area contributed by atoms with Crippen LogP contribution in [0.5, 0.6) is 5.88 Å². The molecule has 23 heavy (non-hydrogen) atoms. The molecule has 0 radical (unpaired) electrons. The van der Waals surface area contributed by atoms with Gasteiger partial charge in [-0.3, -0.25) is 19.3 Å². The second kappa shape index (κ2) is 7.37. The molecule has 2 aromatic rings. The topological polar surface area (TPSA) is 70.4 Å². The molecule has 122 valence electrons. The van der Waals surface area contributed by atoms with Crippen molar-refractivity contribution in [3.8, 4) is 5.88 Å². The quantitative estimate of drug-likeness (QED) is 0.647. The molecule has 0 spiro atoms. The minimum absolute atomic E-state index is 0.0157. The Kier molecular flexibility index (Phi) is 5.50. The number of aliphatic imine (C=N–C) groups is 1. The minimum Gasteiger partial charge on any atom is -0.494 e. The van der Waals surface area contributed by atoms with Crippen LogP contribution in [0.1, 0.15) is 50.4 Å². The summed E-state index contributed by atoms with van der Waals surface area (Å²) < 4.78 is 1.76. The van der Waals surface area contributed by atoms with Crippen LogP contribution < -0.4 is 5.56 Å². The third kappa shape index (κ3) is 3.76. The van der Waals surface area contributed by atoms with Crippen molar-refractivity contribution in [2.75, 3.05) is 0 Å². The molecule has 0 unspecified atom stereocenters. The number of H-pyrrole nitrogens is 1. The van der Waals surface area contributed by atoms with Gasteiger partial charge in [-0.05, 0) is 38.0 Å². The van der Waals surface area contributed by atoms with E-state index in [4.69, 9.17) is 12.2 Å². The fourth-order valence-corrected chi connectivity index (χ4v) is 2.62. The van der Waals surface area contributed by atoms with E-state index >= 15 is 0 Å². The molecule has 0 aliphatic rings. The Labute approximate surface area is 140 Å². The van der Waals surface area contributed by atoms with Gasteiger partial charge in [0.2, 0.25) is 5.88 Å². The highest BCUT2D eigenvalue weighted by molar-refractivity contribution is 7.71. The highest BCUT2D eigenvalue weighted by atomic mass is 32.1. The number of benzene rings is 1. The second-order valence-electron chi connectivity index (χ2n) is 5.49. The summed E-state index contributed by atoms with van der Waals surface area (Å²) in [5, 5.41) is 10.4.